The molecule has 0 radical (unpaired) electrons. The lowest BCUT2D eigenvalue weighted by Gasteiger charge is -2.35. The number of benzene rings is 1. The van der Waals surface area contributed by atoms with Crippen LogP contribution in [0.1, 0.15) is 30.9 Å². The lowest BCUT2D eigenvalue weighted by atomic mass is 9.94. The molecule has 21 heavy (non-hydrogen) atoms. The Hall–Kier alpha value is -1.06. The minimum atomic E-state index is 0.566. The molecule has 0 aromatic heterocycles. The van der Waals surface area contributed by atoms with Crippen LogP contribution in [0.25, 0.3) is 0 Å². The number of nitrogens with one attached hydrogen (secondary N) is 1. The fourth-order valence-electron chi connectivity index (χ4n) is 3.20. The maximum atomic E-state index is 5.71. The van der Waals surface area contributed by atoms with Crippen molar-refractivity contribution in [2.45, 2.75) is 39.7 Å². The third-order valence-electron chi connectivity index (χ3n) is 4.29. The molecule has 1 fully saturated rings. The molecule has 1 aliphatic heterocycles. The maximum absolute atomic E-state index is 5.71. The Morgan fingerprint density at radius 3 is 2.62 bits per heavy atom. The third kappa shape index (κ3) is 4.72. The number of rotatable bonds is 6. The average Bonchev–Trinajstić information content (AvgIpc) is 2.45. The van der Waals surface area contributed by atoms with Crippen LogP contribution in [0, 0.1) is 19.8 Å². The monoisotopic (exact) mass is 290 g/mol. The van der Waals surface area contributed by atoms with Gasteiger partial charge in [-0.3, -0.25) is 0 Å². The number of ether oxygens (including phenoxy) is 1. The van der Waals surface area contributed by atoms with Crippen molar-refractivity contribution in [1.29, 1.82) is 0 Å². The van der Waals surface area contributed by atoms with Gasteiger partial charge in [-0.1, -0.05) is 13.0 Å². The van der Waals surface area contributed by atoms with E-state index in [1.807, 2.05) is 0 Å². The summed E-state index contributed by atoms with van der Waals surface area (Å²) in [6, 6.07) is 7.36. The normalized spacial score (nSPS) is 22.3. The van der Waals surface area contributed by atoms with Gasteiger partial charge in [0.25, 0.3) is 0 Å². The van der Waals surface area contributed by atoms with Gasteiger partial charge in [0.1, 0.15) is 0 Å². The topological polar surface area (TPSA) is 24.5 Å². The molecule has 0 amide bonds. The highest BCUT2D eigenvalue weighted by Crippen LogP contribution is 2.22. The van der Waals surface area contributed by atoms with Crippen molar-refractivity contribution in [3.8, 4) is 0 Å². The van der Waals surface area contributed by atoms with Crippen molar-refractivity contribution >= 4 is 5.69 Å². The zero-order valence-corrected chi connectivity index (χ0v) is 14.0. The zero-order chi connectivity index (χ0) is 15.2. The van der Waals surface area contributed by atoms with Gasteiger partial charge in [-0.05, 0) is 56.5 Å². The van der Waals surface area contributed by atoms with Crippen molar-refractivity contribution in [3.63, 3.8) is 0 Å². The number of anilines is 1. The summed E-state index contributed by atoms with van der Waals surface area (Å²) in [5, 5.41) is 3.69. The van der Waals surface area contributed by atoms with Crippen LogP contribution in [-0.2, 0) is 4.74 Å². The first-order chi connectivity index (χ1) is 10.1. The van der Waals surface area contributed by atoms with E-state index in [-0.39, 0.29) is 0 Å². The Morgan fingerprint density at radius 1 is 1.24 bits per heavy atom. The molecule has 1 aliphatic rings. The van der Waals surface area contributed by atoms with E-state index in [2.05, 4.69) is 56.2 Å². The summed E-state index contributed by atoms with van der Waals surface area (Å²) in [4.78, 5) is 2.37. The molecule has 118 valence electrons. The van der Waals surface area contributed by atoms with Crippen LogP contribution < -0.4 is 10.2 Å². The standard InChI is InChI=1S/C18H30N2O/c1-5-7-19-18-6-8-21-13-16(18)12-20(4)17-10-14(2)9-15(3)11-17/h9-11,16,18-19H,5-8,12-13H2,1-4H3. The van der Waals surface area contributed by atoms with Crippen LogP contribution in [-0.4, -0.2) is 39.4 Å². The second kappa shape index (κ2) is 7.81. The van der Waals surface area contributed by atoms with E-state index in [1.54, 1.807) is 0 Å². The van der Waals surface area contributed by atoms with E-state index < -0.39 is 0 Å². The van der Waals surface area contributed by atoms with E-state index >= 15 is 0 Å². The lowest BCUT2D eigenvalue weighted by molar-refractivity contribution is 0.0351. The molecule has 3 heteroatoms. The van der Waals surface area contributed by atoms with E-state index in [0.29, 0.717) is 12.0 Å². The predicted octanol–water partition coefficient (Wildman–Crippen LogP) is 3.14. The van der Waals surface area contributed by atoms with Crippen LogP contribution in [0.5, 0.6) is 0 Å². The molecule has 0 bridgehead atoms. The molecule has 1 aromatic carbocycles. The van der Waals surface area contributed by atoms with Crippen LogP contribution in [0.15, 0.2) is 18.2 Å². The van der Waals surface area contributed by atoms with Gasteiger partial charge in [0.2, 0.25) is 0 Å². The van der Waals surface area contributed by atoms with Gasteiger partial charge < -0.3 is 15.0 Å². The Kier molecular flexibility index (Phi) is 6.07. The van der Waals surface area contributed by atoms with Crippen LogP contribution in [0.3, 0.4) is 0 Å². The molecule has 0 spiro atoms. The fraction of sp³-hybridized carbons (Fsp3) is 0.667. The minimum absolute atomic E-state index is 0.566. The van der Waals surface area contributed by atoms with Gasteiger partial charge in [-0.25, -0.2) is 0 Å². The highest BCUT2D eigenvalue weighted by molar-refractivity contribution is 5.50. The van der Waals surface area contributed by atoms with Crippen molar-refractivity contribution in [1.82, 2.24) is 5.32 Å². The molecule has 0 saturated carbocycles. The first kappa shape index (κ1) is 16.3. The number of nitrogens with zero attached hydrogens (tertiary/aromatic N) is 1. The van der Waals surface area contributed by atoms with Gasteiger partial charge in [0.15, 0.2) is 0 Å². The highest BCUT2D eigenvalue weighted by Gasteiger charge is 2.26. The molecule has 1 aromatic rings. The second-order valence-electron chi connectivity index (χ2n) is 6.41. The summed E-state index contributed by atoms with van der Waals surface area (Å²) in [6.07, 6.45) is 2.32. The van der Waals surface area contributed by atoms with Crippen LogP contribution in [0.2, 0.25) is 0 Å². The Labute approximate surface area is 129 Å². The summed E-state index contributed by atoms with van der Waals surface area (Å²) >= 11 is 0. The van der Waals surface area contributed by atoms with Crippen molar-refractivity contribution < 1.29 is 4.74 Å². The molecule has 1 N–H and O–H groups in total. The van der Waals surface area contributed by atoms with E-state index in [4.69, 9.17) is 4.74 Å². The van der Waals surface area contributed by atoms with Crippen molar-refractivity contribution in [2.24, 2.45) is 5.92 Å². The minimum Gasteiger partial charge on any atom is -0.381 e. The fourth-order valence-corrected chi connectivity index (χ4v) is 3.20. The van der Waals surface area contributed by atoms with Gasteiger partial charge in [-0.2, -0.15) is 0 Å². The summed E-state index contributed by atoms with van der Waals surface area (Å²) in [7, 11) is 2.19. The molecule has 2 rings (SSSR count). The third-order valence-corrected chi connectivity index (χ3v) is 4.29. The summed E-state index contributed by atoms with van der Waals surface area (Å²) in [6.45, 7) is 10.5. The molecular formula is C18H30N2O. The Morgan fingerprint density at radius 2 is 1.95 bits per heavy atom. The largest absolute Gasteiger partial charge is 0.381 e. The lowest BCUT2D eigenvalue weighted by Crippen LogP contribution is -2.47. The Balaban J connectivity index is 2.00. The van der Waals surface area contributed by atoms with Gasteiger partial charge >= 0.3 is 0 Å². The van der Waals surface area contributed by atoms with Crippen LogP contribution in [0.4, 0.5) is 5.69 Å². The summed E-state index contributed by atoms with van der Waals surface area (Å²) < 4.78 is 5.71. The van der Waals surface area contributed by atoms with Gasteiger partial charge in [0.05, 0.1) is 6.61 Å². The predicted molar refractivity (Wildman–Crippen MR) is 90.2 cm³/mol. The number of aryl methyl sites for hydroxylation is 2. The van der Waals surface area contributed by atoms with E-state index in [0.717, 1.165) is 32.7 Å². The van der Waals surface area contributed by atoms with Crippen molar-refractivity contribution in [3.05, 3.63) is 29.3 Å². The summed E-state index contributed by atoms with van der Waals surface area (Å²) in [5.41, 5.74) is 3.97. The SMILES string of the molecule is CCCNC1CCOCC1CN(C)c1cc(C)cc(C)c1. The van der Waals surface area contributed by atoms with Gasteiger partial charge in [0, 0.05) is 37.8 Å². The first-order valence-corrected chi connectivity index (χ1v) is 8.20. The second-order valence-corrected chi connectivity index (χ2v) is 6.41. The van der Waals surface area contributed by atoms with E-state index in [9.17, 15) is 0 Å². The van der Waals surface area contributed by atoms with Crippen LogP contribution >= 0.6 is 0 Å². The molecule has 1 heterocycles. The molecule has 0 aliphatic carbocycles. The van der Waals surface area contributed by atoms with E-state index in [1.165, 1.54) is 23.2 Å². The smallest absolute Gasteiger partial charge is 0.0526 e. The quantitative estimate of drug-likeness (QED) is 0.871. The molecule has 1 saturated heterocycles. The molecule has 3 nitrogen and oxygen atoms in total. The molecule has 2 unspecified atom stereocenters. The number of hydrogen-bond acceptors (Lipinski definition) is 3. The number of hydrogen-bond donors (Lipinski definition) is 1. The summed E-state index contributed by atoms with van der Waals surface area (Å²) in [5.74, 6) is 0.566. The highest BCUT2D eigenvalue weighted by atomic mass is 16.5. The maximum Gasteiger partial charge on any atom is 0.0526 e. The Bertz CT molecular complexity index is 427. The van der Waals surface area contributed by atoms with Gasteiger partial charge in [-0.15, -0.1) is 0 Å². The zero-order valence-electron chi connectivity index (χ0n) is 14.0. The average molecular weight is 290 g/mol. The van der Waals surface area contributed by atoms with Crippen molar-refractivity contribution in [2.75, 3.05) is 38.3 Å². The molecule has 2 atom stereocenters. The first-order valence-electron chi connectivity index (χ1n) is 8.20. The molecular weight excluding hydrogens is 260 g/mol.